The third-order valence-electron chi connectivity index (χ3n) is 3.47. The average Bonchev–Trinajstić information content (AvgIpc) is 2.82. The Bertz CT molecular complexity index is 684. The topological polar surface area (TPSA) is 64.2 Å². The van der Waals surface area contributed by atoms with Gasteiger partial charge in [0.1, 0.15) is 11.9 Å². The van der Waals surface area contributed by atoms with Crippen LogP contribution in [0.25, 0.3) is 11.0 Å². The van der Waals surface area contributed by atoms with Gasteiger partial charge in [0.25, 0.3) is 0 Å². The fourth-order valence-electron chi connectivity index (χ4n) is 2.48. The van der Waals surface area contributed by atoms with Crippen molar-refractivity contribution >= 4 is 38.8 Å². The van der Waals surface area contributed by atoms with Crippen molar-refractivity contribution in [3.8, 4) is 0 Å². The highest BCUT2D eigenvalue weighted by atomic mass is 79.9. The number of amides is 1. The third-order valence-corrected chi connectivity index (χ3v) is 4.08. The lowest BCUT2D eigenvalue weighted by Gasteiger charge is -2.14. The smallest absolute Gasteiger partial charge is 0.245 e. The molecule has 1 aromatic carbocycles. The van der Waals surface area contributed by atoms with Gasteiger partial charge in [-0.15, -0.1) is 0 Å². The quantitative estimate of drug-likeness (QED) is 0.870. The standard InChI is InChI=1S/C12H12BrFN4O/c1-17-3-2-9(11(17)19)18-10-5-7(14)6(13)4-8(10)16-12(18)15/h4-5,9H,2-3H2,1H3,(H2,15,16). The number of imidazole rings is 1. The lowest BCUT2D eigenvalue weighted by molar-refractivity contribution is -0.129. The highest BCUT2D eigenvalue weighted by molar-refractivity contribution is 9.10. The zero-order valence-corrected chi connectivity index (χ0v) is 11.8. The summed E-state index contributed by atoms with van der Waals surface area (Å²) < 4.78 is 15.6. The van der Waals surface area contributed by atoms with E-state index in [0.29, 0.717) is 28.5 Å². The summed E-state index contributed by atoms with van der Waals surface area (Å²) in [6.45, 7) is 0.668. The summed E-state index contributed by atoms with van der Waals surface area (Å²) in [5.74, 6) is -0.178. The van der Waals surface area contributed by atoms with Crippen molar-refractivity contribution < 1.29 is 9.18 Å². The summed E-state index contributed by atoms with van der Waals surface area (Å²) in [6, 6.07) is 2.53. The Kier molecular flexibility index (Phi) is 2.74. The fraction of sp³-hybridized carbons (Fsp3) is 0.333. The molecule has 1 aromatic heterocycles. The van der Waals surface area contributed by atoms with Gasteiger partial charge in [-0.05, 0) is 28.4 Å². The van der Waals surface area contributed by atoms with Crippen molar-refractivity contribution in [2.75, 3.05) is 19.3 Å². The molecule has 3 rings (SSSR count). The van der Waals surface area contributed by atoms with Crippen LogP contribution in [0.15, 0.2) is 16.6 Å². The molecular formula is C12H12BrFN4O. The number of fused-ring (bicyclic) bond motifs is 1. The number of anilines is 1. The number of nitrogen functional groups attached to an aromatic ring is 1. The summed E-state index contributed by atoms with van der Waals surface area (Å²) >= 11 is 3.11. The predicted molar refractivity (Wildman–Crippen MR) is 73.1 cm³/mol. The minimum atomic E-state index is -0.396. The molecule has 2 N–H and O–H groups in total. The highest BCUT2D eigenvalue weighted by Gasteiger charge is 2.33. The number of aromatic nitrogens is 2. The van der Waals surface area contributed by atoms with Crippen LogP contribution in [-0.2, 0) is 4.79 Å². The number of rotatable bonds is 1. The van der Waals surface area contributed by atoms with Crippen LogP contribution < -0.4 is 5.73 Å². The van der Waals surface area contributed by atoms with Gasteiger partial charge in [-0.2, -0.15) is 0 Å². The molecule has 1 saturated heterocycles. The Morgan fingerprint density at radius 1 is 1.53 bits per heavy atom. The van der Waals surface area contributed by atoms with E-state index in [-0.39, 0.29) is 11.9 Å². The number of nitrogens with zero attached hydrogens (tertiary/aromatic N) is 3. The molecule has 1 atom stereocenters. The van der Waals surface area contributed by atoms with E-state index in [4.69, 9.17) is 5.73 Å². The van der Waals surface area contributed by atoms with Gasteiger partial charge in [-0.3, -0.25) is 9.36 Å². The van der Waals surface area contributed by atoms with E-state index >= 15 is 0 Å². The minimum absolute atomic E-state index is 0.0191. The van der Waals surface area contributed by atoms with Crippen LogP contribution in [0.5, 0.6) is 0 Å². The Labute approximate surface area is 117 Å². The average molecular weight is 327 g/mol. The molecule has 1 aliphatic heterocycles. The molecule has 100 valence electrons. The number of nitrogens with two attached hydrogens (primary N) is 1. The summed E-state index contributed by atoms with van der Waals surface area (Å²) in [5.41, 5.74) is 7.01. The molecule has 0 aliphatic carbocycles. The van der Waals surface area contributed by atoms with Crippen molar-refractivity contribution in [2.45, 2.75) is 12.5 Å². The minimum Gasteiger partial charge on any atom is -0.369 e. The second-order valence-corrected chi connectivity index (χ2v) is 5.51. The summed E-state index contributed by atoms with van der Waals surface area (Å²) in [4.78, 5) is 17.9. The lowest BCUT2D eigenvalue weighted by Crippen LogP contribution is -2.25. The zero-order valence-electron chi connectivity index (χ0n) is 10.2. The Morgan fingerprint density at radius 3 is 2.89 bits per heavy atom. The SMILES string of the molecule is CN1CCC(n2c(N)nc3cc(Br)c(F)cc32)C1=O. The molecule has 7 heteroatoms. The van der Waals surface area contributed by atoms with Crippen LogP contribution in [0, 0.1) is 5.82 Å². The number of halogens is 2. The van der Waals surface area contributed by atoms with Crippen molar-refractivity contribution in [1.82, 2.24) is 14.5 Å². The van der Waals surface area contributed by atoms with Crippen LogP contribution in [0.1, 0.15) is 12.5 Å². The molecule has 0 spiro atoms. The normalized spacial score (nSPS) is 19.6. The van der Waals surface area contributed by atoms with Crippen molar-refractivity contribution in [3.05, 3.63) is 22.4 Å². The maximum absolute atomic E-state index is 13.7. The first-order valence-electron chi connectivity index (χ1n) is 5.86. The number of carbonyl (C=O) groups is 1. The molecule has 19 heavy (non-hydrogen) atoms. The van der Waals surface area contributed by atoms with Crippen molar-refractivity contribution in [2.24, 2.45) is 0 Å². The molecule has 1 fully saturated rings. The van der Waals surface area contributed by atoms with Gasteiger partial charge in [-0.1, -0.05) is 0 Å². The molecule has 1 amide bonds. The highest BCUT2D eigenvalue weighted by Crippen LogP contribution is 2.31. The Balaban J connectivity index is 2.21. The van der Waals surface area contributed by atoms with E-state index in [0.717, 1.165) is 0 Å². The van der Waals surface area contributed by atoms with Gasteiger partial charge in [0.2, 0.25) is 11.9 Å². The van der Waals surface area contributed by atoms with E-state index < -0.39 is 11.9 Å². The summed E-state index contributed by atoms with van der Waals surface area (Å²) in [6.07, 6.45) is 0.655. The molecule has 2 heterocycles. The first-order chi connectivity index (χ1) is 8.99. The van der Waals surface area contributed by atoms with E-state index in [1.807, 2.05) is 0 Å². The van der Waals surface area contributed by atoms with Gasteiger partial charge in [-0.25, -0.2) is 9.37 Å². The van der Waals surface area contributed by atoms with Crippen LogP contribution >= 0.6 is 15.9 Å². The second kappa shape index (κ2) is 4.19. The van der Waals surface area contributed by atoms with E-state index in [2.05, 4.69) is 20.9 Å². The monoisotopic (exact) mass is 326 g/mol. The second-order valence-electron chi connectivity index (χ2n) is 4.66. The van der Waals surface area contributed by atoms with Crippen LogP contribution in [0.4, 0.5) is 10.3 Å². The van der Waals surface area contributed by atoms with Crippen molar-refractivity contribution in [1.29, 1.82) is 0 Å². The lowest BCUT2D eigenvalue weighted by atomic mass is 10.2. The zero-order chi connectivity index (χ0) is 13.7. The Hall–Kier alpha value is -1.63. The molecule has 1 unspecified atom stereocenters. The van der Waals surface area contributed by atoms with Crippen LogP contribution in [0.3, 0.4) is 0 Å². The number of likely N-dealkylation sites (N-methyl/N-ethyl adjacent to an activating group) is 1. The largest absolute Gasteiger partial charge is 0.369 e. The molecule has 0 radical (unpaired) electrons. The third kappa shape index (κ3) is 1.80. The first kappa shape index (κ1) is 12.4. The number of likely N-dealkylation sites (tertiary alicyclic amines) is 1. The Morgan fingerprint density at radius 2 is 2.26 bits per heavy atom. The number of hydrogen-bond acceptors (Lipinski definition) is 3. The molecular weight excluding hydrogens is 315 g/mol. The van der Waals surface area contributed by atoms with Gasteiger partial charge in [0, 0.05) is 19.7 Å². The van der Waals surface area contributed by atoms with E-state index in [9.17, 15) is 9.18 Å². The number of benzene rings is 1. The predicted octanol–water partition coefficient (Wildman–Crippen LogP) is 1.92. The molecule has 1 aliphatic rings. The molecule has 5 nitrogen and oxygen atoms in total. The van der Waals surface area contributed by atoms with E-state index in [1.54, 1.807) is 22.6 Å². The van der Waals surface area contributed by atoms with Gasteiger partial charge < -0.3 is 10.6 Å². The maximum Gasteiger partial charge on any atom is 0.245 e. The molecule has 0 saturated carbocycles. The summed E-state index contributed by atoms with van der Waals surface area (Å²) in [7, 11) is 1.74. The van der Waals surface area contributed by atoms with Gasteiger partial charge in [0.05, 0.1) is 15.5 Å². The number of hydrogen-bond donors (Lipinski definition) is 1. The molecule has 2 aromatic rings. The van der Waals surface area contributed by atoms with Gasteiger partial charge >= 0.3 is 0 Å². The maximum atomic E-state index is 13.7. The van der Waals surface area contributed by atoms with Gasteiger partial charge in [0.15, 0.2) is 0 Å². The summed E-state index contributed by atoms with van der Waals surface area (Å²) in [5, 5.41) is 0. The van der Waals surface area contributed by atoms with Crippen LogP contribution in [0.2, 0.25) is 0 Å². The van der Waals surface area contributed by atoms with E-state index in [1.165, 1.54) is 6.07 Å². The van der Waals surface area contributed by atoms with Crippen LogP contribution in [-0.4, -0.2) is 34.0 Å². The van der Waals surface area contributed by atoms with Crippen molar-refractivity contribution in [3.63, 3.8) is 0 Å². The molecule has 0 bridgehead atoms. The fourth-order valence-corrected chi connectivity index (χ4v) is 2.81. The first-order valence-corrected chi connectivity index (χ1v) is 6.66. The number of carbonyl (C=O) groups excluding carboxylic acids is 1.